The molecule has 2 aromatic heterocycles. The molecule has 3 aromatic rings. The zero-order valence-corrected chi connectivity index (χ0v) is 21.5. The predicted molar refractivity (Wildman–Crippen MR) is 136 cm³/mol. The Balaban J connectivity index is 1.41. The van der Waals surface area contributed by atoms with Crippen LogP contribution in [0.15, 0.2) is 29.4 Å². The highest BCUT2D eigenvalue weighted by Gasteiger charge is 2.22. The first-order chi connectivity index (χ1) is 16.5. The van der Waals surface area contributed by atoms with Crippen LogP contribution in [-0.2, 0) is 24.2 Å². The Bertz CT molecular complexity index is 1220. The Morgan fingerprint density at radius 3 is 2.94 bits per heavy atom. The van der Waals surface area contributed by atoms with Crippen LogP contribution in [-0.4, -0.2) is 26.4 Å². The minimum absolute atomic E-state index is 0.159. The van der Waals surface area contributed by atoms with Crippen LogP contribution in [0.4, 0.5) is 5.00 Å². The maximum absolute atomic E-state index is 12.7. The van der Waals surface area contributed by atoms with Gasteiger partial charge in [0.1, 0.15) is 16.8 Å². The van der Waals surface area contributed by atoms with Crippen LogP contribution in [0.3, 0.4) is 0 Å². The fraction of sp³-hybridized carbons (Fsp3) is 0.417. The van der Waals surface area contributed by atoms with Gasteiger partial charge in [-0.05, 0) is 63.3 Å². The van der Waals surface area contributed by atoms with Crippen LogP contribution in [0.2, 0.25) is 5.02 Å². The van der Waals surface area contributed by atoms with Crippen molar-refractivity contribution in [1.82, 2.24) is 14.8 Å². The number of nitrogens with zero attached hydrogens (tertiary/aromatic N) is 4. The molecule has 0 bridgehead atoms. The largest absolute Gasteiger partial charge is 0.483 e. The summed E-state index contributed by atoms with van der Waals surface area (Å²) in [6.07, 6.45) is 4.97. The third-order valence-electron chi connectivity index (χ3n) is 5.65. The van der Waals surface area contributed by atoms with Gasteiger partial charge in [-0.15, -0.1) is 21.5 Å². The first-order valence-electron chi connectivity index (χ1n) is 11.3. The van der Waals surface area contributed by atoms with Crippen molar-refractivity contribution < 1.29 is 9.53 Å². The van der Waals surface area contributed by atoms with Crippen molar-refractivity contribution in [2.24, 2.45) is 0 Å². The Labute approximate surface area is 212 Å². The first kappa shape index (κ1) is 24.6. The van der Waals surface area contributed by atoms with E-state index in [4.69, 9.17) is 16.3 Å². The molecule has 10 heteroatoms. The van der Waals surface area contributed by atoms with Gasteiger partial charge in [0.25, 0.3) is 0 Å². The molecule has 1 amide bonds. The molecule has 1 unspecified atom stereocenters. The number of aryl methyl sites for hydroxylation is 1. The van der Waals surface area contributed by atoms with Crippen LogP contribution >= 0.6 is 34.7 Å². The number of thioether (sulfide) groups is 1. The Hall–Kier alpha value is -2.54. The summed E-state index contributed by atoms with van der Waals surface area (Å²) >= 11 is 8.91. The van der Waals surface area contributed by atoms with E-state index in [2.05, 4.69) is 21.6 Å². The monoisotopic (exact) mass is 515 g/mol. The molecule has 7 nitrogen and oxygen atoms in total. The number of halogens is 1. The second kappa shape index (κ2) is 11.3. The molecule has 1 atom stereocenters. The van der Waals surface area contributed by atoms with E-state index in [0.717, 1.165) is 31.2 Å². The van der Waals surface area contributed by atoms with Crippen molar-refractivity contribution in [3.8, 4) is 11.8 Å². The van der Waals surface area contributed by atoms with Crippen molar-refractivity contribution in [1.29, 1.82) is 5.26 Å². The summed E-state index contributed by atoms with van der Waals surface area (Å²) in [5.41, 5.74) is 1.75. The lowest BCUT2D eigenvalue weighted by Crippen LogP contribution is -2.15. The molecule has 1 aromatic carbocycles. The van der Waals surface area contributed by atoms with Gasteiger partial charge in [-0.1, -0.05) is 35.9 Å². The van der Waals surface area contributed by atoms with E-state index in [1.807, 2.05) is 30.5 Å². The van der Waals surface area contributed by atoms with Gasteiger partial charge in [-0.3, -0.25) is 4.79 Å². The van der Waals surface area contributed by atoms with E-state index in [0.29, 0.717) is 38.9 Å². The molecule has 34 heavy (non-hydrogen) atoms. The van der Waals surface area contributed by atoms with Crippen LogP contribution in [0, 0.1) is 11.3 Å². The lowest BCUT2D eigenvalue weighted by Gasteiger charge is -2.15. The summed E-state index contributed by atoms with van der Waals surface area (Å²) in [6, 6.07) is 9.53. The van der Waals surface area contributed by atoms with Gasteiger partial charge in [-0.2, -0.15) is 5.26 Å². The third-order valence-corrected chi connectivity index (χ3v) is 8.06. The maximum Gasteiger partial charge on any atom is 0.235 e. The minimum atomic E-state index is -0.339. The normalized spacial score (nSPS) is 14.1. The average Bonchev–Trinajstić information content (AvgIpc) is 3.29. The van der Waals surface area contributed by atoms with Gasteiger partial charge in [0.2, 0.25) is 5.91 Å². The number of hydrogen-bond donors (Lipinski definition) is 1. The number of thiophene rings is 1. The number of nitriles is 1. The Morgan fingerprint density at radius 2 is 2.18 bits per heavy atom. The number of aromatic nitrogens is 3. The number of rotatable bonds is 8. The highest BCUT2D eigenvalue weighted by molar-refractivity contribution is 7.99. The molecule has 0 aliphatic heterocycles. The molecule has 1 N–H and O–H groups in total. The van der Waals surface area contributed by atoms with E-state index in [-0.39, 0.29) is 17.8 Å². The SMILES string of the molecule is CCn1c(SCC(=O)Nc2sc3c(c2C#N)CCCCC3)nnc1C(C)Oc1cccc(Cl)c1. The Kier molecular flexibility index (Phi) is 8.14. The molecule has 1 aliphatic rings. The highest BCUT2D eigenvalue weighted by Crippen LogP contribution is 2.37. The molecule has 0 fully saturated rings. The zero-order chi connectivity index (χ0) is 24.1. The van der Waals surface area contributed by atoms with Crippen molar-refractivity contribution in [3.05, 3.63) is 51.1 Å². The molecule has 2 heterocycles. The number of amides is 1. The summed E-state index contributed by atoms with van der Waals surface area (Å²) in [5, 5.41) is 23.1. The van der Waals surface area contributed by atoms with Crippen LogP contribution in [0.5, 0.6) is 5.75 Å². The Morgan fingerprint density at radius 1 is 1.35 bits per heavy atom. The van der Waals surface area contributed by atoms with Gasteiger partial charge in [0.05, 0.1) is 11.3 Å². The molecule has 0 spiro atoms. The third kappa shape index (κ3) is 5.57. The summed E-state index contributed by atoms with van der Waals surface area (Å²) in [7, 11) is 0. The van der Waals surface area contributed by atoms with Crippen molar-refractivity contribution >= 4 is 45.6 Å². The quantitative estimate of drug-likeness (QED) is 0.291. The van der Waals surface area contributed by atoms with Gasteiger partial charge >= 0.3 is 0 Å². The van der Waals surface area contributed by atoms with Gasteiger partial charge in [0, 0.05) is 16.4 Å². The van der Waals surface area contributed by atoms with E-state index in [1.165, 1.54) is 23.1 Å². The molecular formula is C24H26ClN5O2S2. The molecule has 0 radical (unpaired) electrons. The van der Waals surface area contributed by atoms with Crippen molar-refractivity contribution in [3.63, 3.8) is 0 Å². The second-order valence-electron chi connectivity index (χ2n) is 8.02. The fourth-order valence-corrected chi connectivity index (χ4v) is 6.29. The van der Waals surface area contributed by atoms with Gasteiger partial charge < -0.3 is 14.6 Å². The van der Waals surface area contributed by atoms with E-state index >= 15 is 0 Å². The van der Waals surface area contributed by atoms with E-state index in [9.17, 15) is 10.1 Å². The molecular weight excluding hydrogens is 490 g/mol. The summed E-state index contributed by atoms with van der Waals surface area (Å²) < 4.78 is 7.94. The van der Waals surface area contributed by atoms with Crippen LogP contribution in [0.1, 0.15) is 61.0 Å². The molecule has 1 aliphatic carbocycles. The van der Waals surface area contributed by atoms with Crippen molar-refractivity contribution in [2.45, 2.75) is 63.8 Å². The van der Waals surface area contributed by atoms with Gasteiger partial charge in [0.15, 0.2) is 17.1 Å². The highest BCUT2D eigenvalue weighted by atomic mass is 35.5. The van der Waals surface area contributed by atoms with Gasteiger partial charge in [-0.25, -0.2) is 0 Å². The summed E-state index contributed by atoms with van der Waals surface area (Å²) in [4.78, 5) is 14.0. The first-order valence-corrected chi connectivity index (χ1v) is 13.5. The predicted octanol–water partition coefficient (Wildman–Crippen LogP) is 6.02. The van der Waals surface area contributed by atoms with E-state index < -0.39 is 0 Å². The van der Waals surface area contributed by atoms with Crippen molar-refractivity contribution in [2.75, 3.05) is 11.1 Å². The number of anilines is 1. The maximum atomic E-state index is 12.7. The number of nitrogens with one attached hydrogen (secondary N) is 1. The number of fused-ring (bicyclic) bond motifs is 1. The number of hydrogen-bond acceptors (Lipinski definition) is 7. The lowest BCUT2D eigenvalue weighted by molar-refractivity contribution is -0.113. The zero-order valence-electron chi connectivity index (χ0n) is 19.1. The van der Waals surface area contributed by atoms with Crippen LogP contribution < -0.4 is 10.1 Å². The molecule has 178 valence electrons. The smallest absolute Gasteiger partial charge is 0.235 e. The standard InChI is InChI=1S/C24H26ClN5O2S2/c1-3-30-22(15(2)32-17-9-7-8-16(25)12-17)28-29-24(30)33-14-21(31)27-23-19(13-26)18-10-5-4-6-11-20(18)34-23/h7-9,12,15H,3-6,10-11,14H2,1-2H3,(H,27,31). The average molecular weight is 516 g/mol. The molecule has 0 saturated heterocycles. The molecule has 4 rings (SSSR count). The number of ether oxygens (including phenoxy) is 1. The molecule has 0 saturated carbocycles. The summed E-state index contributed by atoms with van der Waals surface area (Å²) in [5.74, 6) is 1.35. The summed E-state index contributed by atoms with van der Waals surface area (Å²) in [6.45, 7) is 4.55. The lowest BCUT2D eigenvalue weighted by atomic mass is 10.1. The second-order valence-corrected chi connectivity index (χ2v) is 10.5. The topological polar surface area (TPSA) is 92.8 Å². The number of carbonyl (C=O) groups excluding carboxylic acids is 1. The van der Waals surface area contributed by atoms with E-state index in [1.54, 1.807) is 23.5 Å². The number of benzene rings is 1. The van der Waals surface area contributed by atoms with Crippen LogP contribution in [0.25, 0.3) is 0 Å². The number of carbonyl (C=O) groups is 1. The minimum Gasteiger partial charge on any atom is -0.483 e. The fourth-order valence-electron chi connectivity index (χ4n) is 4.04.